The van der Waals surface area contributed by atoms with Gasteiger partial charge in [-0.05, 0) is 38.0 Å². The maximum atomic E-state index is 10.9. The van der Waals surface area contributed by atoms with Gasteiger partial charge >= 0.3 is 0 Å². The van der Waals surface area contributed by atoms with Gasteiger partial charge in [-0.25, -0.2) is 0 Å². The van der Waals surface area contributed by atoms with Crippen LogP contribution in [-0.4, -0.2) is 23.9 Å². The first-order valence-corrected chi connectivity index (χ1v) is 7.14. The summed E-state index contributed by atoms with van der Waals surface area (Å²) in [4.78, 5) is 0. The highest BCUT2D eigenvalue weighted by molar-refractivity contribution is 5.33. The van der Waals surface area contributed by atoms with Gasteiger partial charge in [0.2, 0.25) is 0 Å². The molecule has 2 rings (SSSR count). The lowest BCUT2D eigenvalue weighted by molar-refractivity contribution is -0.108. The quantitative estimate of drug-likeness (QED) is 0.907. The van der Waals surface area contributed by atoms with Crippen LogP contribution in [0, 0.1) is 0 Å². The standard InChI is InChI=1S/C16H24O3/c1-4-14-11-16(17,8-9-18-14)13-6-5-7-15(10-13)19-12(2)3/h5-7,10,12,14,17H,4,8-9,11H2,1-3H3. The van der Waals surface area contributed by atoms with Crippen molar-refractivity contribution in [1.82, 2.24) is 0 Å². The van der Waals surface area contributed by atoms with E-state index in [4.69, 9.17) is 9.47 Å². The zero-order chi connectivity index (χ0) is 13.9. The molecule has 0 amide bonds. The molecule has 1 fully saturated rings. The Morgan fingerprint density at radius 1 is 1.47 bits per heavy atom. The van der Waals surface area contributed by atoms with E-state index in [1.807, 2.05) is 38.1 Å². The first-order chi connectivity index (χ1) is 9.03. The molecule has 1 aliphatic rings. The van der Waals surface area contributed by atoms with Gasteiger partial charge in [-0.15, -0.1) is 0 Å². The summed E-state index contributed by atoms with van der Waals surface area (Å²) in [5.74, 6) is 0.820. The fraction of sp³-hybridized carbons (Fsp3) is 0.625. The minimum absolute atomic E-state index is 0.142. The van der Waals surface area contributed by atoms with E-state index < -0.39 is 5.60 Å². The van der Waals surface area contributed by atoms with Crippen molar-refractivity contribution in [2.75, 3.05) is 6.61 Å². The Hall–Kier alpha value is -1.06. The third-order valence-corrected chi connectivity index (χ3v) is 3.63. The number of hydrogen-bond acceptors (Lipinski definition) is 3. The second-order valence-corrected chi connectivity index (χ2v) is 5.58. The maximum absolute atomic E-state index is 10.9. The second-order valence-electron chi connectivity index (χ2n) is 5.58. The molecule has 1 saturated heterocycles. The van der Waals surface area contributed by atoms with Crippen LogP contribution in [0.1, 0.15) is 45.6 Å². The fourth-order valence-corrected chi connectivity index (χ4v) is 2.59. The zero-order valence-electron chi connectivity index (χ0n) is 12.1. The van der Waals surface area contributed by atoms with Crippen molar-refractivity contribution < 1.29 is 14.6 Å². The largest absolute Gasteiger partial charge is 0.491 e. The lowest BCUT2D eigenvalue weighted by Crippen LogP contribution is -2.38. The van der Waals surface area contributed by atoms with Gasteiger partial charge in [0.15, 0.2) is 0 Å². The third-order valence-electron chi connectivity index (χ3n) is 3.63. The Labute approximate surface area is 115 Å². The van der Waals surface area contributed by atoms with Gasteiger partial charge in [0.25, 0.3) is 0 Å². The van der Waals surface area contributed by atoms with Crippen molar-refractivity contribution in [3.05, 3.63) is 29.8 Å². The molecule has 0 radical (unpaired) electrons. The van der Waals surface area contributed by atoms with Gasteiger partial charge in [0.1, 0.15) is 5.75 Å². The topological polar surface area (TPSA) is 38.7 Å². The first-order valence-electron chi connectivity index (χ1n) is 7.14. The van der Waals surface area contributed by atoms with Crippen LogP contribution in [0.3, 0.4) is 0 Å². The van der Waals surface area contributed by atoms with Gasteiger partial charge in [-0.1, -0.05) is 19.1 Å². The predicted octanol–water partition coefficient (Wildman–Crippen LogP) is 3.25. The minimum Gasteiger partial charge on any atom is -0.491 e. The molecule has 1 heterocycles. The monoisotopic (exact) mass is 264 g/mol. The molecule has 0 aliphatic carbocycles. The Morgan fingerprint density at radius 3 is 2.95 bits per heavy atom. The molecule has 3 nitrogen and oxygen atoms in total. The van der Waals surface area contributed by atoms with Crippen LogP contribution in [0.4, 0.5) is 0 Å². The Kier molecular flexibility index (Phi) is 4.48. The lowest BCUT2D eigenvalue weighted by atomic mass is 9.83. The number of rotatable bonds is 4. The van der Waals surface area contributed by atoms with Gasteiger partial charge in [-0.3, -0.25) is 0 Å². The Balaban J connectivity index is 2.19. The van der Waals surface area contributed by atoms with Crippen molar-refractivity contribution >= 4 is 0 Å². The van der Waals surface area contributed by atoms with Crippen molar-refractivity contribution in [1.29, 1.82) is 0 Å². The van der Waals surface area contributed by atoms with E-state index in [-0.39, 0.29) is 12.2 Å². The second kappa shape index (κ2) is 5.93. The molecule has 0 bridgehead atoms. The Morgan fingerprint density at radius 2 is 2.26 bits per heavy atom. The van der Waals surface area contributed by atoms with E-state index in [0.29, 0.717) is 19.4 Å². The summed E-state index contributed by atoms with van der Waals surface area (Å²) in [6.45, 7) is 6.71. The van der Waals surface area contributed by atoms with E-state index in [2.05, 4.69) is 6.92 Å². The van der Waals surface area contributed by atoms with E-state index in [1.54, 1.807) is 0 Å². The summed E-state index contributed by atoms with van der Waals surface area (Å²) in [5.41, 5.74) is 0.155. The molecular formula is C16H24O3. The highest BCUT2D eigenvalue weighted by Gasteiger charge is 2.36. The van der Waals surface area contributed by atoms with Crippen molar-refractivity contribution in [3.8, 4) is 5.75 Å². The molecule has 1 aliphatic heterocycles. The summed E-state index contributed by atoms with van der Waals surface area (Å²) in [6, 6.07) is 7.81. The lowest BCUT2D eigenvalue weighted by Gasteiger charge is -2.37. The number of aliphatic hydroxyl groups is 1. The summed E-state index contributed by atoms with van der Waals surface area (Å²) < 4.78 is 11.3. The van der Waals surface area contributed by atoms with Crippen molar-refractivity contribution in [2.45, 2.75) is 57.8 Å². The number of hydrogen-bond donors (Lipinski definition) is 1. The fourth-order valence-electron chi connectivity index (χ4n) is 2.59. The smallest absolute Gasteiger partial charge is 0.120 e. The Bertz CT molecular complexity index is 416. The van der Waals surface area contributed by atoms with Gasteiger partial charge < -0.3 is 14.6 Å². The highest BCUT2D eigenvalue weighted by Crippen LogP contribution is 2.36. The van der Waals surface area contributed by atoms with Crippen LogP contribution in [0.5, 0.6) is 5.75 Å². The average Bonchev–Trinajstić information content (AvgIpc) is 2.38. The zero-order valence-corrected chi connectivity index (χ0v) is 12.1. The molecule has 106 valence electrons. The molecule has 1 N–H and O–H groups in total. The summed E-state index contributed by atoms with van der Waals surface area (Å²) in [5, 5.41) is 10.9. The predicted molar refractivity (Wildman–Crippen MR) is 75.4 cm³/mol. The molecule has 2 atom stereocenters. The molecule has 0 spiro atoms. The maximum Gasteiger partial charge on any atom is 0.120 e. The van der Waals surface area contributed by atoms with E-state index in [0.717, 1.165) is 17.7 Å². The van der Waals surface area contributed by atoms with Crippen molar-refractivity contribution in [3.63, 3.8) is 0 Å². The highest BCUT2D eigenvalue weighted by atomic mass is 16.5. The molecule has 19 heavy (non-hydrogen) atoms. The number of ether oxygens (including phenoxy) is 2. The molecule has 0 aromatic heterocycles. The van der Waals surface area contributed by atoms with E-state index in [9.17, 15) is 5.11 Å². The molecular weight excluding hydrogens is 240 g/mol. The van der Waals surface area contributed by atoms with Crippen LogP contribution in [0.2, 0.25) is 0 Å². The molecule has 1 aromatic carbocycles. The molecule has 3 heteroatoms. The SMILES string of the molecule is CCC1CC(O)(c2cccc(OC(C)C)c2)CCO1. The van der Waals surface area contributed by atoms with Crippen LogP contribution in [0.25, 0.3) is 0 Å². The summed E-state index contributed by atoms with van der Waals surface area (Å²) in [7, 11) is 0. The normalized spacial score (nSPS) is 27.5. The van der Waals surface area contributed by atoms with Gasteiger partial charge in [0, 0.05) is 12.8 Å². The summed E-state index contributed by atoms with van der Waals surface area (Å²) >= 11 is 0. The van der Waals surface area contributed by atoms with Crippen LogP contribution >= 0.6 is 0 Å². The first kappa shape index (κ1) is 14.4. The van der Waals surface area contributed by atoms with Crippen LogP contribution in [-0.2, 0) is 10.3 Å². The third kappa shape index (κ3) is 3.48. The van der Waals surface area contributed by atoms with Crippen LogP contribution in [0.15, 0.2) is 24.3 Å². The minimum atomic E-state index is -0.782. The summed E-state index contributed by atoms with van der Waals surface area (Å²) in [6.07, 6.45) is 2.53. The number of benzene rings is 1. The van der Waals surface area contributed by atoms with Gasteiger partial charge in [0.05, 0.1) is 24.4 Å². The average molecular weight is 264 g/mol. The van der Waals surface area contributed by atoms with Crippen LogP contribution < -0.4 is 4.74 Å². The molecule has 0 saturated carbocycles. The van der Waals surface area contributed by atoms with E-state index in [1.165, 1.54) is 0 Å². The van der Waals surface area contributed by atoms with Crippen molar-refractivity contribution in [2.24, 2.45) is 0 Å². The molecule has 1 aromatic rings. The molecule has 2 unspecified atom stereocenters. The van der Waals surface area contributed by atoms with Gasteiger partial charge in [-0.2, -0.15) is 0 Å². The van der Waals surface area contributed by atoms with E-state index >= 15 is 0 Å².